The number of esters is 1. The van der Waals surface area contributed by atoms with Gasteiger partial charge in [0.1, 0.15) is 12.4 Å². The average molecular weight is 241 g/mol. The van der Waals surface area contributed by atoms with E-state index < -0.39 is 11.7 Å². The number of nitrogens with zero attached hydrogens (tertiary/aromatic N) is 2. The second-order valence-corrected chi connectivity index (χ2v) is 3.02. The van der Waals surface area contributed by atoms with E-state index in [2.05, 4.69) is 4.98 Å². The summed E-state index contributed by atoms with van der Waals surface area (Å²) in [6.07, 6.45) is 1.49. The lowest BCUT2D eigenvalue weighted by atomic mass is 10.3. The number of aryl methyl sites for hydroxylation is 1. The molecular formula is C11H19N3O3. The van der Waals surface area contributed by atoms with Gasteiger partial charge in [0.15, 0.2) is 0 Å². The Labute approximate surface area is 100 Å². The molecule has 0 saturated carbocycles. The fourth-order valence-corrected chi connectivity index (χ4v) is 1.07. The minimum Gasteiger partial charge on any atom is -0.465 e. The largest absolute Gasteiger partial charge is 0.465 e. The SMILES string of the molecule is CC.CCOC(=O)Cn1cc(C)c(N)nc1=O. The summed E-state index contributed by atoms with van der Waals surface area (Å²) >= 11 is 0. The second-order valence-electron chi connectivity index (χ2n) is 3.02. The number of nitrogens with two attached hydrogens (primary N) is 1. The van der Waals surface area contributed by atoms with Crippen molar-refractivity contribution < 1.29 is 9.53 Å². The first-order valence-corrected chi connectivity index (χ1v) is 5.53. The number of ether oxygens (including phenoxy) is 1. The molecule has 1 aromatic rings. The molecule has 0 aromatic carbocycles. The Balaban J connectivity index is 0.00000121. The Morgan fingerprint density at radius 2 is 2.12 bits per heavy atom. The van der Waals surface area contributed by atoms with Gasteiger partial charge in [0.05, 0.1) is 6.61 Å². The molecule has 0 spiro atoms. The topological polar surface area (TPSA) is 87.2 Å². The van der Waals surface area contributed by atoms with Gasteiger partial charge < -0.3 is 10.5 Å². The molecule has 0 radical (unpaired) electrons. The Hall–Kier alpha value is -1.85. The summed E-state index contributed by atoms with van der Waals surface area (Å²) in [6, 6.07) is 0. The van der Waals surface area contributed by atoms with E-state index in [-0.39, 0.29) is 19.0 Å². The van der Waals surface area contributed by atoms with Crippen LogP contribution in [0.2, 0.25) is 0 Å². The van der Waals surface area contributed by atoms with Crippen molar-refractivity contribution in [2.75, 3.05) is 12.3 Å². The zero-order valence-corrected chi connectivity index (χ0v) is 10.7. The summed E-state index contributed by atoms with van der Waals surface area (Å²) in [7, 11) is 0. The van der Waals surface area contributed by atoms with Crippen LogP contribution < -0.4 is 11.4 Å². The Kier molecular flexibility index (Phi) is 6.62. The first-order valence-electron chi connectivity index (χ1n) is 5.53. The lowest BCUT2D eigenvalue weighted by Crippen LogP contribution is -2.28. The molecule has 1 heterocycles. The van der Waals surface area contributed by atoms with Crippen LogP contribution in [0.4, 0.5) is 5.82 Å². The first kappa shape index (κ1) is 15.2. The van der Waals surface area contributed by atoms with Gasteiger partial charge in [-0.15, -0.1) is 0 Å². The summed E-state index contributed by atoms with van der Waals surface area (Å²) < 4.78 is 5.88. The summed E-state index contributed by atoms with van der Waals surface area (Å²) in [5.74, 6) is -0.286. The van der Waals surface area contributed by atoms with Crippen LogP contribution >= 0.6 is 0 Å². The fraction of sp³-hybridized carbons (Fsp3) is 0.545. The number of carbonyl (C=O) groups excluding carboxylic acids is 1. The normalized spacial score (nSPS) is 9.18. The van der Waals surface area contributed by atoms with Gasteiger partial charge in [-0.05, 0) is 13.8 Å². The van der Waals surface area contributed by atoms with E-state index >= 15 is 0 Å². The van der Waals surface area contributed by atoms with Crippen LogP contribution in [0.3, 0.4) is 0 Å². The van der Waals surface area contributed by atoms with E-state index in [1.54, 1.807) is 13.8 Å². The highest BCUT2D eigenvalue weighted by Gasteiger charge is 2.07. The smallest absolute Gasteiger partial charge is 0.350 e. The zero-order valence-electron chi connectivity index (χ0n) is 10.7. The molecule has 0 aliphatic rings. The van der Waals surface area contributed by atoms with Crippen molar-refractivity contribution in [1.29, 1.82) is 0 Å². The van der Waals surface area contributed by atoms with Crippen molar-refractivity contribution in [1.82, 2.24) is 9.55 Å². The first-order chi connectivity index (χ1) is 8.04. The molecular weight excluding hydrogens is 222 g/mol. The maximum Gasteiger partial charge on any atom is 0.350 e. The molecule has 2 N–H and O–H groups in total. The quantitative estimate of drug-likeness (QED) is 0.788. The maximum atomic E-state index is 11.3. The number of hydrogen-bond acceptors (Lipinski definition) is 5. The van der Waals surface area contributed by atoms with Crippen LogP contribution in [0.25, 0.3) is 0 Å². The highest BCUT2D eigenvalue weighted by Crippen LogP contribution is 2.01. The summed E-state index contributed by atoms with van der Waals surface area (Å²) in [5, 5.41) is 0. The van der Waals surface area contributed by atoms with Gasteiger partial charge in [-0.1, -0.05) is 13.8 Å². The molecule has 0 saturated heterocycles. The number of hydrogen-bond donors (Lipinski definition) is 1. The highest BCUT2D eigenvalue weighted by atomic mass is 16.5. The van der Waals surface area contributed by atoms with Crippen LogP contribution in [0, 0.1) is 6.92 Å². The summed E-state index contributed by atoms with van der Waals surface area (Å²) in [6.45, 7) is 7.56. The van der Waals surface area contributed by atoms with Gasteiger partial charge in [-0.2, -0.15) is 4.98 Å². The van der Waals surface area contributed by atoms with Gasteiger partial charge in [-0.3, -0.25) is 9.36 Å². The molecule has 0 aliphatic heterocycles. The van der Waals surface area contributed by atoms with Gasteiger partial charge in [0, 0.05) is 11.8 Å². The van der Waals surface area contributed by atoms with Crippen molar-refractivity contribution in [2.45, 2.75) is 34.2 Å². The average Bonchev–Trinajstić information content (AvgIpc) is 2.29. The third-order valence-electron chi connectivity index (χ3n) is 1.82. The predicted octanol–water partition coefficient (Wildman–Crippen LogP) is 0.723. The minimum absolute atomic E-state index is 0.138. The number of carbonyl (C=O) groups is 1. The monoisotopic (exact) mass is 241 g/mol. The molecule has 96 valence electrons. The van der Waals surface area contributed by atoms with E-state index in [1.807, 2.05) is 13.8 Å². The van der Waals surface area contributed by atoms with E-state index in [9.17, 15) is 9.59 Å². The number of rotatable bonds is 3. The van der Waals surface area contributed by atoms with Gasteiger partial charge in [-0.25, -0.2) is 4.79 Å². The van der Waals surface area contributed by atoms with Crippen LogP contribution in [-0.2, 0) is 16.1 Å². The molecule has 6 nitrogen and oxygen atoms in total. The molecule has 1 rings (SSSR count). The number of anilines is 1. The third-order valence-corrected chi connectivity index (χ3v) is 1.82. The zero-order chi connectivity index (χ0) is 13.4. The van der Waals surface area contributed by atoms with Crippen LogP contribution in [0.15, 0.2) is 11.0 Å². The van der Waals surface area contributed by atoms with Crippen LogP contribution in [0.5, 0.6) is 0 Å². The molecule has 0 aliphatic carbocycles. The number of aromatic nitrogens is 2. The van der Waals surface area contributed by atoms with Crippen molar-refractivity contribution >= 4 is 11.8 Å². The molecule has 17 heavy (non-hydrogen) atoms. The van der Waals surface area contributed by atoms with E-state index in [0.717, 1.165) is 0 Å². The fourth-order valence-electron chi connectivity index (χ4n) is 1.07. The van der Waals surface area contributed by atoms with Crippen molar-refractivity contribution in [3.8, 4) is 0 Å². The molecule has 0 unspecified atom stereocenters. The highest BCUT2D eigenvalue weighted by molar-refractivity contribution is 5.69. The predicted molar refractivity (Wildman–Crippen MR) is 65.6 cm³/mol. The summed E-state index contributed by atoms with van der Waals surface area (Å²) in [5.41, 5.74) is 5.54. The van der Waals surface area contributed by atoms with E-state index in [1.165, 1.54) is 10.8 Å². The lowest BCUT2D eigenvalue weighted by Gasteiger charge is -2.06. The standard InChI is InChI=1S/C9H13N3O3.C2H6/c1-3-15-7(13)5-12-4-6(2)8(10)11-9(12)14;1-2/h4H,3,5H2,1-2H3,(H2,10,11,14);1-2H3. The van der Waals surface area contributed by atoms with Crippen LogP contribution in [-0.4, -0.2) is 22.1 Å². The lowest BCUT2D eigenvalue weighted by molar-refractivity contribution is -0.143. The molecule has 0 bridgehead atoms. The minimum atomic E-state index is -0.550. The Bertz CT molecular complexity index is 426. The van der Waals surface area contributed by atoms with Gasteiger partial charge >= 0.3 is 11.7 Å². The van der Waals surface area contributed by atoms with Crippen molar-refractivity contribution in [3.63, 3.8) is 0 Å². The molecule has 1 aromatic heterocycles. The Morgan fingerprint density at radius 1 is 1.53 bits per heavy atom. The van der Waals surface area contributed by atoms with E-state index in [0.29, 0.717) is 5.56 Å². The van der Waals surface area contributed by atoms with Gasteiger partial charge in [0.2, 0.25) is 0 Å². The molecule has 0 amide bonds. The van der Waals surface area contributed by atoms with E-state index in [4.69, 9.17) is 10.5 Å². The van der Waals surface area contributed by atoms with Crippen LogP contribution in [0.1, 0.15) is 26.3 Å². The second kappa shape index (κ2) is 7.43. The van der Waals surface area contributed by atoms with Gasteiger partial charge in [0.25, 0.3) is 0 Å². The molecule has 0 atom stereocenters. The Morgan fingerprint density at radius 3 is 2.65 bits per heavy atom. The number of nitrogen functional groups attached to an aromatic ring is 1. The molecule has 6 heteroatoms. The third kappa shape index (κ3) is 4.67. The summed E-state index contributed by atoms with van der Waals surface area (Å²) in [4.78, 5) is 26.0. The van der Waals surface area contributed by atoms with Crippen molar-refractivity contribution in [2.24, 2.45) is 0 Å². The maximum absolute atomic E-state index is 11.3. The molecule has 0 fully saturated rings. The van der Waals surface area contributed by atoms with Crippen molar-refractivity contribution in [3.05, 3.63) is 22.2 Å².